The molecule has 0 aromatic carbocycles. The minimum absolute atomic E-state index is 0.265. The van der Waals surface area contributed by atoms with Crippen LogP contribution in [0.3, 0.4) is 0 Å². The highest BCUT2D eigenvalue weighted by molar-refractivity contribution is 5.88. The molecule has 4 N–H and O–H groups in total. The van der Waals surface area contributed by atoms with Crippen LogP contribution in [0.5, 0.6) is 0 Å². The summed E-state index contributed by atoms with van der Waals surface area (Å²) in [6.07, 6.45) is 0. The summed E-state index contributed by atoms with van der Waals surface area (Å²) in [6.45, 7) is 2.61. The molecule has 1 aliphatic heterocycles. The van der Waals surface area contributed by atoms with Crippen molar-refractivity contribution in [2.24, 2.45) is 0 Å². The van der Waals surface area contributed by atoms with Gasteiger partial charge in [0.25, 0.3) is 0 Å². The zero-order valence-electron chi connectivity index (χ0n) is 11.2. The van der Waals surface area contributed by atoms with Gasteiger partial charge in [-0.05, 0) is 6.92 Å². The van der Waals surface area contributed by atoms with Gasteiger partial charge in [-0.15, -0.1) is 0 Å². The molecular formula is C11H19N3O6. The van der Waals surface area contributed by atoms with E-state index in [4.69, 9.17) is 14.9 Å². The summed E-state index contributed by atoms with van der Waals surface area (Å²) < 4.78 is 5.12. The smallest absolute Gasteiger partial charge is 0.328 e. The molecule has 0 aromatic heterocycles. The number of aliphatic carboxylic acids is 1. The van der Waals surface area contributed by atoms with Gasteiger partial charge in [-0.2, -0.15) is 0 Å². The van der Waals surface area contributed by atoms with Gasteiger partial charge in [0.05, 0.1) is 19.8 Å². The van der Waals surface area contributed by atoms with Crippen LogP contribution in [0.15, 0.2) is 0 Å². The van der Waals surface area contributed by atoms with E-state index in [0.29, 0.717) is 26.3 Å². The lowest BCUT2D eigenvalue weighted by atomic mass is 10.2. The van der Waals surface area contributed by atoms with Gasteiger partial charge in [-0.1, -0.05) is 0 Å². The molecule has 1 fully saturated rings. The Labute approximate surface area is 115 Å². The molecule has 1 unspecified atom stereocenters. The van der Waals surface area contributed by atoms with Crippen molar-refractivity contribution >= 4 is 17.9 Å². The number of nitrogens with zero attached hydrogens (tertiary/aromatic N) is 1. The zero-order valence-corrected chi connectivity index (χ0v) is 11.2. The molecule has 0 saturated carbocycles. The number of carbonyl (C=O) groups excluding carboxylic acids is 2. The zero-order chi connectivity index (χ0) is 15.1. The quantitative estimate of drug-likeness (QED) is 0.462. The number of amides is 3. The number of hydrogen-bond donors (Lipinski definition) is 4. The Morgan fingerprint density at radius 2 is 1.85 bits per heavy atom. The molecule has 1 rings (SSSR count). The van der Waals surface area contributed by atoms with Crippen molar-refractivity contribution in [3.63, 3.8) is 0 Å². The summed E-state index contributed by atoms with van der Waals surface area (Å²) in [5, 5.41) is 21.9. The van der Waals surface area contributed by atoms with Crippen LogP contribution < -0.4 is 10.6 Å². The Morgan fingerprint density at radius 3 is 2.35 bits per heavy atom. The van der Waals surface area contributed by atoms with E-state index in [1.54, 1.807) is 4.90 Å². The summed E-state index contributed by atoms with van der Waals surface area (Å²) in [6, 6.07) is -3.01. The van der Waals surface area contributed by atoms with Gasteiger partial charge < -0.3 is 30.5 Å². The average Bonchev–Trinajstić information content (AvgIpc) is 2.44. The topological polar surface area (TPSA) is 128 Å². The Balaban J connectivity index is 2.43. The molecular weight excluding hydrogens is 270 g/mol. The van der Waals surface area contributed by atoms with Crippen molar-refractivity contribution in [1.29, 1.82) is 0 Å². The number of morpholine rings is 1. The van der Waals surface area contributed by atoms with E-state index in [1.165, 1.54) is 6.92 Å². The van der Waals surface area contributed by atoms with Gasteiger partial charge in [-0.3, -0.25) is 4.79 Å². The molecule has 114 valence electrons. The fourth-order valence-corrected chi connectivity index (χ4v) is 1.70. The maximum absolute atomic E-state index is 12.0. The van der Waals surface area contributed by atoms with Crippen molar-refractivity contribution in [1.82, 2.24) is 15.5 Å². The SMILES string of the molecule is CC(NC(=O)N[C@@H](CO)C(=O)O)C(=O)N1CCOCC1. The molecule has 1 saturated heterocycles. The number of aliphatic hydroxyl groups excluding tert-OH is 1. The number of carboxylic acids is 1. The molecule has 0 aromatic rings. The Morgan fingerprint density at radius 1 is 1.25 bits per heavy atom. The Bertz CT molecular complexity index is 369. The first-order valence-electron chi connectivity index (χ1n) is 6.23. The average molecular weight is 289 g/mol. The molecule has 9 nitrogen and oxygen atoms in total. The van der Waals surface area contributed by atoms with Crippen molar-refractivity contribution < 1.29 is 29.3 Å². The summed E-state index contributed by atoms with van der Waals surface area (Å²) in [5.41, 5.74) is 0. The second kappa shape index (κ2) is 7.65. The van der Waals surface area contributed by atoms with Crippen LogP contribution in [0.25, 0.3) is 0 Å². The third-order valence-corrected chi connectivity index (χ3v) is 2.83. The van der Waals surface area contributed by atoms with Crippen LogP contribution in [0.2, 0.25) is 0 Å². The molecule has 0 spiro atoms. The predicted molar refractivity (Wildman–Crippen MR) is 67.0 cm³/mol. The summed E-state index contributed by atoms with van der Waals surface area (Å²) >= 11 is 0. The van der Waals surface area contributed by atoms with Crippen molar-refractivity contribution in [3.05, 3.63) is 0 Å². The minimum atomic E-state index is -1.40. The second-order valence-corrected chi connectivity index (χ2v) is 4.35. The first kappa shape index (κ1) is 16.2. The Hall–Kier alpha value is -1.87. The fraction of sp³-hybridized carbons (Fsp3) is 0.727. The maximum Gasteiger partial charge on any atom is 0.328 e. The summed E-state index contributed by atoms with van der Waals surface area (Å²) in [5.74, 6) is -1.62. The van der Waals surface area contributed by atoms with Crippen LogP contribution >= 0.6 is 0 Å². The van der Waals surface area contributed by atoms with Gasteiger partial charge in [0.2, 0.25) is 5.91 Å². The van der Waals surface area contributed by atoms with Crippen molar-refractivity contribution in [3.8, 4) is 0 Å². The highest BCUT2D eigenvalue weighted by atomic mass is 16.5. The number of carbonyl (C=O) groups is 3. The Kier molecular flexibility index (Phi) is 6.19. The normalized spacial score (nSPS) is 18.0. The predicted octanol–water partition coefficient (Wildman–Crippen LogP) is -2.02. The molecule has 0 aliphatic carbocycles. The number of rotatable bonds is 5. The van der Waals surface area contributed by atoms with Gasteiger partial charge in [0, 0.05) is 13.1 Å². The molecule has 9 heteroatoms. The van der Waals surface area contributed by atoms with E-state index >= 15 is 0 Å². The van der Waals surface area contributed by atoms with Crippen molar-refractivity contribution in [2.45, 2.75) is 19.0 Å². The number of nitrogens with one attached hydrogen (secondary N) is 2. The molecule has 0 radical (unpaired) electrons. The monoisotopic (exact) mass is 289 g/mol. The third-order valence-electron chi connectivity index (χ3n) is 2.83. The van der Waals surface area contributed by atoms with E-state index in [0.717, 1.165) is 0 Å². The van der Waals surface area contributed by atoms with Gasteiger partial charge >= 0.3 is 12.0 Å². The number of carboxylic acid groups (broad SMARTS) is 1. The first-order chi connectivity index (χ1) is 9.45. The first-order valence-corrected chi connectivity index (χ1v) is 6.23. The van der Waals surface area contributed by atoms with E-state index in [-0.39, 0.29) is 5.91 Å². The number of ether oxygens (including phenoxy) is 1. The molecule has 1 aliphatic rings. The van der Waals surface area contributed by atoms with Gasteiger partial charge in [-0.25, -0.2) is 9.59 Å². The van der Waals surface area contributed by atoms with Crippen LogP contribution in [-0.2, 0) is 14.3 Å². The van der Waals surface area contributed by atoms with E-state index in [1.807, 2.05) is 0 Å². The van der Waals surface area contributed by atoms with Crippen LogP contribution in [-0.4, -0.2) is 78.0 Å². The molecule has 2 atom stereocenters. The molecule has 1 heterocycles. The second-order valence-electron chi connectivity index (χ2n) is 4.35. The van der Waals surface area contributed by atoms with E-state index < -0.39 is 30.7 Å². The standard InChI is InChI=1S/C11H19N3O6/c1-7(9(16)14-2-4-20-5-3-14)12-11(19)13-8(6-15)10(17)18/h7-8,15H,2-6H2,1H3,(H,17,18)(H2,12,13,19)/t7?,8-/m0/s1. The number of aliphatic hydroxyl groups is 1. The van der Waals surface area contributed by atoms with Crippen molar-refractivity contribution in [2.75, 3.05) is 32.9 Å². The highest BCUT2D eigenvalue weighted by Gasteiger charge is 2.25. The molecule has 0 bridgehead atoms. The highest BCUT2D eigenvalue weighted by Crippen LogP contribution is 2.00. The summed E-state index contributed by atoms with van der Waals surface area (Å²) in [4.78, 5) is 35.7. The molecule has 3 amide bonds. The molecule has 20 heavy (non-hydrogen) atoms. The van der Waals surface area contributed by atoms with Crippen LogP contribution in [0.4, 0.5) is 4.79 Å². The fourth-order valence-electron chi connectivity index (χ4n) is 1.70. The van der Waals surface area contributed by atoms with E-state index in [9.17, 15) is 14.4 Å². The summed E-state index contributed by atoms with van der Waals surface area (Å²) in [7, 11) is 0. The van der Waals surface area contributed by atoms with Gasteiger partial charge in [0.15, 0.2) is 6.04 Å². The maximum atomic E-state index is 12.0. The number of hydrogen-bond acceptors (Lipinski definition) is 5. The third kappa shape index (κ3) is 4.67. The lowest BCUT2D eigenvalue weighted by Gasteiger charge is -2.29. The number of urea groups is 1. The lowest BCUT2D eigenvalue weighted by Crippen LogP contribution is -2.55. The lowest BCUT2D eigenvalue weighted by molar-refractivity contribution is -0.140. The van der Waals surface area contributed by atoms with Crippen LogP contribution in [0, 0.1) is 0 Å². The van der Waals surface area contributed by atoms with Gasteiger partial charge in [0.1, 0.15) is 6.04 Å². The largest absolute Gasteiger partial charge is 0.480 e. The minimum Gasteiger partial charge on any atom is -0.480 e. The van der Waals surface area contributed by atoms with Crippen LogP contribution in [0.1, 0.15) is 6.92 Å². The van der Waals surface area contributed by atoms with E-state index in [2.05, 4.69) is 10.6 Å².